The van der Waals surface area contributed by atoms with Gasteiger partial charge in [0.15, 0.2) is 5.82 Å². The lowest BCUT2D eigenvalue weighted by molar-refractivity contribution is 0.630. The maximum absolute atomic E-state index is 14.4. The second-order valence-corrected chi connectivity index (χ2v) is 5.82. The number of nitrogens with one attached hydrogen (secondary N) is 2. The van der Waals surface area contributed by atoms with Gasteiger partial charge in [-0.25, -0.2) is 4.39 Å². The molecule has 4 rings (SSSR count). The molecule has 4 aromatic rings. The topological polar surface area (TPSA) is 58.5 Å². The van der Waals surface area contributed by atoms with Crippen LogP contribution in [0.3, 0.4) is 0 Å². The van der Waals surface area contributed by atoms with E-state index in [0.717, 1.165) is 16.6 Å². The number of nitrogens with zero attached hydrogens (tertiary/aromatic N) is 3. The van der Waals surface area contributed by atoms with Crippen molar-refractivity contribution in [1.29, 1.82) is 0 Å². The van der Waals surface area contributed by atoms with Crippen LogP contribution >= 0.6 is 15.9 Å². The molecule has 0 bridgehead atoms. The van der Waals surface area contributed by atoms with Gasteiger partial charge in [-0.15, -0.1) is 0 Å². The molecule has 0 spiro atoms. The van der Waals surface area contributed by atoms with Crippen LogP contribution in [0.5, 0.6) is 0 Å². The number of aryl methyl sites for hydroxylation is 1. The smallest absolute Gasteiger partial charge is 0.165 e. The first kappa shape index (κ1) is 13.3. The fraction of sp³-hybridized carbons (Fsp3) is 0.0667. The molecule has 2 heterocycles. The predicted octanol–water partition coefficient (Wildman–Crippen LogP) is 4.09. The Balaban J connectivity index is 1.89. The van der Waals surface area contributed by atoms with Crippen LogP contribution in [0.1, 0.15) is 0 Å². The van der Waals surface area contributed by atoms with Crippen molar-refractivity contribution in [1.82, 2.24) is 20.0 Å². The van der Waals surface area contributed by atoms with Gasteiger partial charge in [0.05, 0.1) is 33.8 Å². The first-order chi connectivity index (χ1) is 10.6. The lowest BCUT2D eigenvalue weighted by Gasteiger charge is -2.11. The highest BCUT2D eigenvalue weighted by molar-refractivity contribution is 9.10. The third kappa shape index (κ3) is 1.89. The molecule has 0 atom stereocenters. The number of hydrogen-bond donors (Lipinski definition) is 2. The van der Waals surface area contributed by atoms with Crippen LogP contribution in [0.2, 0.25) is 0 Å². The summed E-state index contributed by atoms with van der Waals surface area (Å²) in [5, 5.41) is 15.8. The SMILES string of the molecule is Cn1ncc2cccc(Nc3cc4cn[nH]c4c(F)c3Br)c21. The molecule has 2 aromatic carbocycles. The maximum Gasteiger partial charge on any atom is 0.165 e. The van der Waals surface area contributed by atoms with Crippen LogP contribution in [0.15, 0.2) is 41.1 Å². The average molecular weight is 360 g/mol. The molecule has 0 unspecified atom stereocenters. The van der Waals surface area contributed by atoms with E-state index < -0.39 is 0 Å². The Hall–Kier alpha value is -2.41. The molecule has 110 valence electrons. The summed E-state index contributed by atoms with van der Waals surface area (Å²) in [6.07, 6.45) is 3.40. The van der Waals surface area contributed by atoms with Crippen molar-refractivity contribution in [2.45, 2.75) is 0 Å². The number of halogens is 2. The molecular weight excluding hydrogens is 349 g/mol. The van der Waals surface area contributed by atoms with Crippen molar-refractivity contribution in [3.8, 4) is 0 Å². The molecule has 2 aromatic heterocycles. The van der Waals surface area contributed by atoms with Crippen molar-refractivity contribution in [2.24, 2.45) is 7.05 Å². The maximum atomic E-state index is 14.4. The molecule has 0 radical (unpaired) electrons. The Morgan fingerprint density at radius 3 is 2.95 bits per heavy atom. The average Bonchev–Trinajstić information content (AvgIpc) is 3.12. The van der Waals surface area contributed by atoms with Gasteiger partial charge >= 0.3 is 0 Å². The molecule has 0 aliphatic carbocycles. The van der Waals surface area contributed by atoms with E-state index in [2.05, 4.69) is 36.5 Å². The van der Waals surface area contributed by atoms with Gasteiger partial charge in [-0.05, 0) is 28.1 Å². The van der Waals surface area contributed by atoms with E-state index in [0.29, 0.717) is 21.1 Å². The number of aromatic amines is 1. The molecule has 22 heavy (non-hydrogen) atoms. The molecule has 0 aliphatic rings. The van der Waals surface area contributed by atoms with Gasteiger partial charge in [-0.3, -0.25) is 9.78 Å². The first-order valence-corrected chi connectivity index (χ1v) is 7.43. The van der Waals surface area contributed by atoms with Gasteiger partial charge in [-0.2, -0.15) is 10.2 Å². The van der Waals surface area contributed by atoms with Crippen molar-refractivity contribution >= 4 is 49.1 Å². The molecular formula is C15H11BrFN5. The zero-order valence-corrected chi connectivity index (χ0v) is 13.1. The van der Waals surface area contributed by atoms with E-state index in [1.807, 2.05) is 31.3 Å². The Bertz CT molecular complexity index is 1000. The van der Waals surface area contributed by atoms with Gasteiger partial charge in [0.2, 0.25) is 0 Å². The minimum Gasteiger partial charge on any atom is -0.353 e. The second kappa shape index (κ2) is 4.81. The highest BCUT2D eigenvalue weighted by atomic mass is 79.9. The number of para-hydroxylation sites is 1. The van der Waals surface area contributed by atoms with Crippen LogP contribution in [-0.2, 0) is 7.05 Å². The van der Waals surface area contributed by atoms with E-state index in [-0.39, 0.29) is 5.82 Å². The number of H-pyrrole nitrogens is 1. The van der Waals surface area contributed by atoms with Gasteiger partial charge in [0.25, 0.3) is 0 Å². The molecule has 0 fully saturated rings. The number of anilines is 2. The summed E-state index contributed by atoms with van der Waals surface area (Å²) >= 11 is 3.31. The fourth-order valence-electron chi connectivity index (χ4n) is 2.60. The summed E-state index contributed by atoms with van der Waals surface area (Å²) in [5.41, 5.74) is 2.85. The Morgan fingerprint density at radius 1 is 1.23 bits per heavy atom. The van der Waals surface area contributed by atoms with Crippen LogP contribution in [0.4, 0.5) is 15.8 Å². The Morgan fingerprint density at radius 2 is 2.09 bits per heavy atom. The van der Waals surface area contributed by atoms with E-state index >= 15 is 0 Å². The van der Waals surface area contributed by atoms with Crippen molar-refractivity contribution in [3.05, 3.63) is 46.9 Å². The van der Waals surface area contributed by atoms with Crippen LogP contribution in [0, 0.1) is 5.82 Å². The van der Waals surface area contributed by atoms with E-state index in [1.54, 1.807) is 17.1 Å². The number of benzene rings is 2. The van der Waals surface area contributed by atoms with E-state index in [1.165, 1.54) is 0 Å². The lowest BCUT2D eigenvalue weighted by Crippen LogP contribution is -1.98. The van der Waals surface area contributed by atoms with Gasteiger partial charge in [-0.1, -0.05) is 12.1 Å². The summed E-state index contributed by atoms with van der Waals surface area (Å²) in [5.74, 6) is -0.366. The van der Waals surface area contributed by atoms with Crippen LogP contribution < -0.4 is 5.32 Å². The van der Waals surface area contributed by atoms with Gasteiger partial charge in [0, 0.05) is 17.8 Å². The summed E-state index contributed by atoms with van der Waals surface area (Å²) in [4.78, 5) is 0. The van der Waals surface area contributed by atoms with Crippen molar-refractivity contribution in [2.75, 3.05) is 5.32 Å². The number of aromatic nitrogens is 4. The molecule has 7 heteroatoms. The van der Waals surface area contributed by atoms with E-state index in [9.17, 15) is 4.39 Å². The Labute approximate surface area is 133 Å². The lowest BCUT2D eigenvalue weighted by atomic mass is 10.2. The summed E-state index contributed by atoms with van der Waals surface area (Å²) in [6.45, 7) is 0. The van der Waals surface area contributed by atoms with Crippen molar-refractivity contribution < 1.29 is 4.39 Å². The normalized spacial score (nSPS) is 11.4. The quantitative estimate of drug-likeness (QED) is 0.566. The Kier molecular flexibility index (Phi) is 2.90. The zero-order chi connectivity index (χ0) is 15.3. The summed E-state index contributed by atoms with van der Waals surface area (Å²) in [7, 11) is 1.88. The minimum atomic E-state index is -0.366. The molecule has 0 saturated heterocycles. The van der Waals surface area contributed by atoms with Crippen LogP contribution in [-0.4, -0.2) is 20.0 Å². The zero-order valence-electron chi connectivity index (χ0n) is 11.6. The number of fused-ring (bicyclic) bond motifs is 2. The van der Waals surface area contributed by atoms with Gasteiger partial charge in [0.1, 0.15) is 5.52 Å². The molecule has 0 amide bonds. The first-order valence-electron chi connectivity index (χ1n) is 6.64. The summed E-state index contributed by atoms with van der Waals surface area (Å²) in [6, 6.07) is 7.71. The second-order valence-electron chi connectivity index (χ2n) is 5.02. The highest BCUT2D eigenvalue weighted by Gasteiger charge is 2.14. The largest absolute Gasteiger partial charge is 0.353 e. The van der Waals surface area contributed by atoms with Gasteiger partial charge < -0.3 is 5.32 Å². The number of rotatable bonds is 2. The fourth-order valence-corrected chi connectivity index (χ4v) is 3.01. The third-order valence-corrected chi connectivity index (χ3v) is 4.42. The minimum absolute atomic E-state index is 0.364. The monoisotopic (exact) mass is 359 g/mol. The van der Waals surface area contributed by atoms with Crippen molar-refractivity contribution in [3.63, 3.8) is 0 Å². The van der Waals surface area contributed by atoms with E-state index in [4.69, 9.17) is 0 Å². The molecule has 0 saturated carbocycles. The van der Waals surface area contributed by atoms with Crippen LogP contribution in [0.25, 0.3) is 21.8 Å². The standard InChI is InChI=1S/C15H11BrFN5/c1-22-15-8(7-19-22)3-2-4-10(15)20-11-5-9-6-18-21-14(9)13(17)12(11)16/h2-7,20H,1H3,(H,18,21). The molecule has 2 N–H and O–H groups in total. The molecule has 5 nitrogen and oxygen atoms in total. The molecule has 0 aliphatic heterocycles. The summed E-state index contributed by atoms with van der Waals surface area (Å²) < 4.78 is 16.5. The number of hydrogen-bond acceptors (Lipinski definition) is 3. The third-order valence-electron chi connectivity index (χ3n) is 3.65. The highest BCUT2D eigenvalue weighted by Crippen LogP contribution is 2.35. The predicted molar refractivity (Wildman–Crippen MR) is 87.7 cm³/mol.